The molecule has 0 unspecified atom stereocenters. The zero-order valence-corrected chi connectivity index (χ0v) is 15.9. The fourth-order valence-electron chi connectivity index (χ4n) is 2.01. The second-order valence-corrected chi connectivity index (χ2v) is 6.91. The van der Waals surface area contributed by atoms with Crippen LogP contribution in [-0.4, -0.2) is 24.4 Å². The predicted octanol–water partition coefficient (Wildman–Crippen LogP) is 4.04. The van der Waals surface area contributed by atoms with Crippen LogP contribution in [0.15, 0.2) is 26.8 Å². The summed E-state index contributed by atoms with van der Waals surface area (Å²) in [6.07, 6.45) is 3.37. The van der Waals surface area contributed by atoms with Crippen LogP contribution in [0.1, 0.15) is 35.7 Å². The van der Waals surface area contributed by atoms with Crippen LogP contribution in [0.2, 0.25) is 0 Å². The van der Waals surface area contributed by atoms with Crippen LogP contribution in [0.4, 0.5) is 4.39 Å². The number of carbonyl (C=O) groups excluding carboxylic acids is 2. The fraction of sp³-hybridized carbons (Fsp3) is 0.375. The monoisotopic (exact) mass is 447 g/mol. The molecule has 0 aliphatic heterocycles. The number of benzene rings is 1. The molecule has 0 amide bonds. The van der Waals surface area contributed by atoms with Crippen molar-refractivity contribution in [2.75, 3.05) is 6.61 Å². The molecular formula is C16H16Br2FNO3. The molecule has 4 nitrogen and oxygen atoms in total. The van der Waals surface area contributed by atoms with Gasteiger partial charge in [-0.3, -0.25) is 4.79 Å². The van der Waals surface area contributed by atoms with E-state index in [1.807, 2.05) is 0 Å². The maximum Gasteiger partial charge on any atom is 0.343 e. The van der Waals surface area contributed by atoms with Crippen molar-refractivity contribution in [3.05, 3.63) is 43.7 Å². The van der Waals surface area contributed by atoms with E-state index in [2.05, 4.69) is 37.2 Å². The second-order valence-electron chi connectivity index (χ2n) is 5.20. The van der Waals surface area contributed by atoms with Crippen LogP contribution in [0.25, 0.3) is 0 Å². The molecule has 1 saturated carbocycles. The van der Waals surface area contributed by atoms with Gasteiger partial charge in [0.15, 0.2) is 0 Å². The van der Waals surface area contributed by atoms with Crippen LogP contribution < -0.4 is 5.32 Å². The first-order chi connectivity index (χ1) is 10.9. The molecule has 1 aliphatic rings. The summed E-state index contributed by atoms with van der Waals surface area (Å²) < 4.78 is 19.7. The highest BCUT2D eigenvalue weighted by atomic mass is 79.9. The number of carbonyl (C=O) groups is 2. The number of ketones is 1. The summed E-state index contributed by atoms with van der Waals surface area (Å²) in [5, 5.41) is 3.01. The Labute approximate surface area is 150 Å². The lowest BCUT2D eigenvalue weighted by Gasteiger charge is -2.12. The van der Waals surface area contributed by atoms with E-state index in [0.717, 1.165) is 12.8 Å². The average Bonchev–Trinajstić information content (AvgIpc) is 3.29. The van der Waals surface area contributed by atoms with Gasteiger partial charge in [0, 0.05) is 22.3 Å². The highest BCUT2D eigenvalue weighted by molar-refractivity contribution is 9.11. The summed E-state index contributed by atoms with van der Waals surface area (Å²) >= 11 is 6.36. The molecule has 0 bridgehead atoms. The van der Waals surface area contributed by atoms with Crippen LogP contribution in [0.5, 0.6) is 0 Å². The molecule has 1 fully saturated rings. The van der Waals surface area contributed by atoms with E-state index in [9.17, 15) is 14.0 Å². The number of hydrogen-bond acceptors (Lipinski definition) is 4. The maximum atomic E-state index is 14.1. The molecule has 2 rings (SSSR count). The zero-order chi connectivity index (χ0) is 17.1. The van der Waals surface area contributed by atoms with E-state index in [0.29, 0.717) is 4.47 Å². The van der Waals surface area contributed by atoms with Gasteiger partial charge in [0.2, 0.25) is 5.78 Å². The molecule has 0 radical (unpaired) electrons. The summed E-state index contributed by atoms with van der Waals surface area (Å²) in [7, 11) is 0. The van der Waals surface area contributed by atoms with E-state index in [-0.39, 0.29) is 33.8 Å². The molecule has 0 aromatic heterocycles. The number of ether oxygens (including phenoxy) is 1. The standard InChI is InChI=1S/C16H16Br2FNO3/c1-3-23-16(22)10(7-20-9-4-5-9)15(21)13-8(2)14(19)12(18)6-11(13)17/h6-7,9,20H,3-5H2,1-2H3/b10-7-. The molecule has 0 heterocycles. The number of Topliss-reactive ketones (excluding diaryl/α,β-unsaturated/α-hetero) is 1. The number of rotatable bonds is 6. The number of esters is 1. The Hall–Kier alpha value is -1.21. The molecule has 1 aromatic carbocycles. The highest BCUT2D eigenvalue weighted by Gasteiger charge is 2.28. The van der Waals surface area contributed by atoms with Gasteiger partial charge < -0.3 is 10.1 Å². The third-order valence-corrected chi connectivity index (χ3v) is 4.62. The van der Waals surface area contributed by atoms with Crippen molar-refractivity contribution in [1.29, 1.82) is 0 Å². The van der Waals surface area contributed by atoms with Crippen LogP contribution in [-0.2, 0) is 9.53 Å². The molecule has 23 heavy (non-hydrogen) atoms. The summed E-state index contributed by atoms with van der Waals surface area (Å²) in [5.41, 5.74) is 0.143. The van der Waals surface area contributed by atoms with Gasteiger partial charge in [-0.1, -0.05) is 0 Å². The van der Waals surface area contributed by atoms with Gasteiger partial charge in [-0.05, 0) is 70.2 Å². The Kier molecular flexibility index (Phi) is 5.97. The summed E-state index contributed by atoms with van der Waals surface area (Å²) in [5.74, 6) is -1.83. The van der Waals surface area contributed by atoms with Gasteiger partial charge in [-0.2, -0.15) is 0 Å². The average molecular weight is 449 g/mol. The minimum Gasteiger partial charge on any atom is -0.462 e. The van der Waals surface area contributed by atoms with E-state index in [1.165, 1.54) is 19.2 Å². The van der Waals surface area contributed by atoms with Gasteiger partial charge in [0.05, 0.1) is 11.1 Å². The van der Waals surface area contributed by atoms with Crippen molar-refractivity contribution in [2.24, 2.45) is 0 Å². The lowest BCUT2D eigenvalue weighted by molar-refractivity contribution is -0.138. The van der Waals surface area contributed by atoms with Gasteiger partial charge in [-0.25, -0.2) is 9.18 Å². The summed E-state index contributed by atoms with van der Waals surface area (Å²) in [6.45, 7) is 3.31. The van der Waals surface area contributed by atoms with Crippen LogP contribution in [0, 0.1) is 12.7 Å². The van der Waals surface area contributed by atoms with Crippen molar-refractivity contribution in [3.8, 4) is 0 Å². The summed E-state index contributed by atoms with van der Waals surface area (Å²) in [6, 6.07) is 1.73. The molecule has 0 spiro atoms. The molecule has 7 heteroatoms. The zero-order valence-electron chi connectivity index (χ0n) is 12.7. The van der Waals surface area contributed by atoms with Gasteiger partial charge >= 0.3 is 5.97 Å². The Balaban J connectivity index is 2.42. The van der Waals surface area contributed by atoms with Crippen molar-refractivity contribution >= 4 is 43.6 Å². The first-order valence-corrected chi connectivity index (χ1v) is 8.77. The van der Waals surface area contributed by atoms with Crippen molar-refractivity contribution < 1.29 is 18.7 Å². The Morgan fingerprint density at radius 1 is 1.39 bits per heavy atom. The number of halogens is 3. The first-order valence-electron chi connectivity index (χ1n) is 7.18. The highest BCUT2D eigenvalue weighted by Crippen LogP contribution is 2.31. The van der Waals surface area contributed by atoms with Gasteiger partial charge in [0.25, 0.3) is 0 Å². The lowest BCUT2D eigenvalue weighted by atomic mass is 9.99. The smallest absolute Gasteiger partial charge is 0.343 e. The quantitative estimate of drug-likeness (QED) is 0.178. The van der Waals surface area contributed by atoms with E-state index in [1.54, 1.807) is 6.92 Å². The van der Waals surface area contributed by atoms with Gasteiger partial charge in [-0.15, -0.1) is 0 Å². The molecule has 1 aromatic rings. The molecule has 0 atom stereocenters. The van der Waals surface area contributed by atoms with Crippen LogP contribution in [0.3, 0.4) is 0 Å². The molecule has 124 valence electrons. The lowest BCUT2D eigenvalue weighted by Crippen LogP contribution is -2.21. The van der Waals surface area contributed by atoms with E-state index in [4.69, 9.17) is 4.74 Å². The van der Waals surface area contributed by atoms with Crippen molar-refractivity contribution in [2.45, 2.75) is 32.7 Å². The first kappa shape index (κ1) is 18.1. The number of hydrogen-bond donors (Lipinski definition) is 1. The largest absolute Gasteiger partial charge is 0.462 e. The van der Waals surface area contributed by atoms with Crippen molar-refractivity contribution in [1.82, 2.24) is 5.32 Å². The maximum absolute atomic E-state index is 14.1. The minimum atomic E-state index is -0.722. The van der Waals surface area contributed by atoms with E-state index < -0.39 is 17.6 Å². The fourth-order valence-corrected chi connectivity index (χ4v) is 3.55. The number of nitrogens with one attached hydrogen (secondary N) is 1. The van der Waals surface area contributed by atoms with Gasteiger partial charge in [0.1, 0.15) is 11.4 Å². The minimum absolute atomic E-state index is 0.114. The van der Waals surface area contributed by atoms with E-state index >= 15 is 0 Å². The molecule has 1 aliphatic carbocycles. The summed E-state index contributed by atoms with van der Waals surface area (Å²) in [4.78, 5) is 24.9. The van der Waals surface area contributed by atoms with Crippen molar-refractivity contribution in [3.63, 3.8) is 0 Å². The predicted molar refractivity (Wildman–Crippen MR) is 91.7 cm³/mol. The molecular weight excluding hydrogens is 433 g/mol. The molecule has 0 saturated heterocycles. The van der Waals surface area contributed by atoms with Crippen LogP contribution >= 0.6 is 31.9 Å². The molecule has 1 N–H and O–H groups in total. The Morgan fingerprint density at radius 2 is 2.04 bits per heavy atom. The third kappa shape index (κ3) is 4.20. The SMILES string of the molecule is CCOC(=O)/C(=C\NC1CC1)C(=O)c1c(Br)cc(Br)c(F)c1C. The Bertz CT molecular complexity index is 684. The Morgan fingerprint density at radius 3 is 2.61 bits per heavy atom. The normalized spacial score (nSPS) is 14.6. The second kappa shape index (κ2) is 7.57. The third-order valence-electron chi connectivity index (χ3n) is 3.41. The topological polar surface area (TPSA) is 55.4 Å².